The molecule has 0 fully saturated rings. The summed E-state index contributed by atoms with van der Waals surface area (Å²) < 4.78 is 13.5. The Hall–Kier alpha value is -0.860. The van der Waals surface area contributed by atoms with Crippen molar-refractivity contribution in [1.82, 2.24) is 0 Å². The van der Waals surface area contributed by atoms with Crippen LogP contribution in [0, 0.1) is 11.2 Å². The number of rotatable bonds is 4. The van der Waals surface area contributed by atoms with E-state index < -0.39 is 0 Å². The number of benzene rings is 1. The minimum absolute atomic E-state index is 0.269. The highest BCUT2D eigenvalue weighted by atomic mass is 35.5. The maximum absolute atomic E-state index is 13.5. The van der Waals surface area contributed by atoms with Crippen molar-refractivity contribution in [3.05, 3.63) is 47.3 Å². The van der Waals surface area contributed by atoms with Gasteiger partial charge >= 0.3 is 0 Å². The van der Waals surface area contributed by atoms with Crippen molar-refractivity contribution in [3.8, 4) is 0 Å². The fourth-order valence-electron chi connectivity index (χ4n) is 1.33. The molecule has 2 N–H and O–H groups in total. The molecule has 1 atom stereocenters. The zero-order valence-corrected chi connectivity index (χ0v) is 9.52. The van der Waals surface area contributed by atoms with Gasteiger partial charge < -0.3 is 5.73 Å². The molecule has 3 heteroatoms. The predicted molar refractivity (Wildman–Crippen MR) is 62.5 cm³/mol. The Kier molecular flexibility index (Phi) is 3.89. The van der Waals surface area contributed by atoms with Crippen LogP contribution in [0.5, 0.6) is 0 Å². The second-order valence-electron chi connectivity index (χ2n) is 3.97. The molecule has 1 unspecified atom stereocenters. The molecule has 0 aliphatic heterocycles. The van der Waals surface area contributed by atoms with Crippen LogP contribution in [0.4, 0.5) is 4.39 Å². The highest BCUT2D eigenvalue weighted by Crippen LogP contribution is 2.25. The molecule has 0 saturated heterocycles. The topological polar surface area (TPSA) is 26.0 Å². The van der Waals surface area contributed by atoms with Gasteiger partial charge in [-0.2, -0.15) is 0 Å². The summed E-state index contributed by atoms with van der Waals surface area (Å²) in [5.41, 5.74) is 5.97. The van der Waals surface area contributed by atoms with Crippen LogP contribution in [0.25, 0.3) is 0 Å². The van der Waals surface area contributed by atoms with Crippen LogP contribution in [0.2, 0.25) is 5.02 Å². The molecule has 1 nitrogen and oxygen atoms in total. The largest absolute Gasteiger partial charge is 0.330 e. The Balaban J connectivity index is 2.94. The SMILES string of the molecule is C=CC(C)(CN)Cc1ccc(Cl)cc1F. The Bertz CT molecular complexity index is 365. The van der Waals surface area contributed by atoms with E-state index in [1.54, 1.807) is 18.2 Å². The van der Waals surface area contributed by atoms with Crippen LogP contribution in [0.3, 0.4) is 0 Å². The van der Waals surface area contributed by atoms with E-state index in [0.717, 1.165) is 0 Å². The van der Waals surface area contributed by atoms with Gasteiger partial charge in [0, 0.05) is 17.0 Å². The molecule has 0 saturated carbocycles. The summed E-state index contributed by atoms with van der Waals surface area (Å²) in [7, 11) is 0. The number of hydrogen-bond acceptors (Lipinski definition) is 1. The maximum atomic E-state index is 13.5. The summed E-state index contributed by atoms with van der Waals surface area (Å²) in [6, 6.07) is 4.69. The zero-order chi connectivity index (χ0) is 11.5. The van der Waals surface area contributed by atoms with Crippen LogP contribution >= 0.6 is 11.6 Å². The Morgan fingerprint density at radius 1 is 1.60 bits per heavy atom. The van der Waals surface area contributed by atoms with Crippen molar-refractivity contribution in [1.29, 1.82) is 0 Å². The molecule has 0 bridgehead atoms. The van der Waals surface area contributed by atoms with Gasteiger partial charge in [0.05, 0.1) is 0 Å². The second kappa shape index (κ2) is 4.77. The highest BCUT2D eigenvalue weighted by Gasteiger charge is 2.20. The summed E-state index contributed by atoms with van der Waals surface area (Å²) in [6.07, 6.45) is 2.30. The molecule has 1 rings (SSSR count). The first-order valence-corrected chi connectivity index (χ1v) is 5.16. The number of nitrogens with two attached hydrogens (primary N) is 1. The molecule has 0 spiro atoms. The third kappa shape index (κ3) is 3.05. The van der Waals surface area contributed by atoms with Crippen molar-refractivity contribution >= 4 is 11.6 Å². The molecule has 0 aliphatic rings. The molecule has 0 radical (unpaired) electrons. The fraction of sp³-hybridized carbons (Fsp3) is 0.333. The van der Waals surface area contributed by atoms with E-state index in [9.17, 15) is 4.39 Å². The maximum Gasteiger partial charge on any atom is 0.127 e. The predicted octanol–water partition coefficient (Wildman–Crippen LogP) is 3.17. The smallest absolute Gasteiger partial charge is 0.127 e. The van der Waals surface area contributed by atoms with Gasteiger partial charge in [-0.1, -0.05) is 30.7 Å². The van der Waals surface area contributed by atoms with Gasteiger partial charge in [-0.3, -0.25) is 0 Å². The van der Waals surface area contributed by atoms with Gasteiger partial charge in [-0.15, -0.1) is 6.58 Å². The minimum atomic E-state index is -0.288. The summed E-state index contributed by atoms with van der Waals surface area (Å²) in [4.78, 5) is 0. The fourth-order valence-corrected chi connectivity index (χ4v) is 1.49. The highest BCUT2D eigenvalue weighted by molar-refractivity contribution is 6.30. The van der Waals surface area contributed by atoms with Gasteiger partial charge in [0.1, 0.15) is 5.82 Å². The van der Waals surface area contributed by atoms with E-state index in [1.807, 2.05) is 6.92 Å². The van der Waals surface area contributed by atoms with Crippen LogP contribution in [-0.4, -0.2) is 6.54 Å². The van der Waals surface area contributed by atoms with Crippen molar-refractivity contribution < 1.29 is 4.39 Å². The lowest BCUT2D eigenvalue weighted by atomic mass is 9.84. The lowest BCUT2D eigenvalue weighted by molar-refractivity contribution is 0.428. The quantitative estimate of drug-likeness (QED) is 0.786. The molecule has 82 valence electrons. The van der Waals surface area contributed by atoms with Gasteiger partial charge in [-0.05, 0) is 24.1 Å². The Morgan fingerprint density at radius 3 is 2.73 bits per heavy atom. The van der Waals surface area contributed by atoms with Gasteiger partial charge in [0.2, 0.25) is 0 Å². The van der Waals surface area contributed by atoms with Crippen molar-refractivity contribution in [3.63, 3.8) is 0 Å². The first-order valence-electron chi connectivity index (χ1n) is 4.78. The standard InChI is InChI=1S/C12H15ClFN/c1-3-12(2,8-15)7-9-4-5-10(13)6-11(9)14/h3-6H,1,7-8,15H2,2H3. The van der Waals surface area contributed by atoms with Crippen LogP contribution in [-0.2, 0) is 6.42 Å². The van der Waals surface area contributed by atoms with Crippen LogP contribution in [0.15, 0.2) is 30.9 Å². The van der Waals surface area contributed by atoms with Crippen LogP contribution < -0.4 is 5.73 Å². The molecule has 1 aromatic rings. The lowest BCUT2D eigenvalue weighted by Crippen LogP contribution is -2.27. The molecule has 0 aliphatic carbocycles. The molecule has 15 heavy (non-hydrogen) atoms. The first-order chi connectivity index (χ1) is 7.00. The summed E-state index contributed by atoms with van der Waals surface area (Å²) in [6.45, 7) is 6.11. The monoisotopic (exact) mass is 227 g/mol. The first kappa shape index (κ1) is 12.2. The normalized spacial score (nSPS) is 14.7. The van der Waals surface area contributed by atoms with E-state index in [1.165, 1.54) is 6.07 Å². The average Bonchev–Trinajstić information content (AvgIpc) is 2.22. The summed E-state index contributed by atoms with van der Waals surface area (Å²) in [5, 5.41) is 0.407. The van der Waals surface area contributed by atoms with Gasteiger partial charge in [0.25, 0.3) is 0 Å². The Morgan fingerprint density at radius 2 is 2.27 bits per heavy atom. The third-order valence-electron chi connectivity index (χ3n) is 2.57. The molecule has 0 aromatic heterocycles. The summed E-state index contributed by atoms with van der Waals surface area (Å²) >= 11 is 5.67. The van der Waals surface area contributed by atoms with E-state index in [4.69, 9.17) is 17.3 Å². The number of halogens is 2. The second-order valence-corrected chi connectivity index (χ2v) is 4.41. The zero-order valence-electron chi connectivity index (χ0n) is 8.76. The average molecular weight is 228 g/mol. The molecule has 1 aromatic carbocycles. The van der Waals surface area contributed by atoms with Gasteiger partial charge in [0.15, 0.2) is 0 Å². The van der Waals surface area contributed by atoms with Crippen molar-refractivity contribution in [2.45, 2.75) is 13.3 Å². The van der Waals surface area contributed by atoms with Crippen molar-refractivity contribution in [2.75, 3.05) is 6.54 Å². The molecule has 0 heterocycles. The Labute approximate surface area is 94.7 Å². The summed E-state index contributed by atoms with van der Waals surface area (Å²) in [5.74, 6) is -0.288. The van der Waals surface area contributed by atoms with E-state index in [-0.39, 0.29) is 11.2 Å². The van der Waals surface area contributed by atoms with E-state index in [0.29, 0.717) is 23.6 Å². The van der Waals surface area contributed by atoms with Crippen molar-refractivity contribution in [2.24, 2.45) is 11.1 Å². The molecular formula is C12H15ClFN. The molecular weight excluding hydrogens is 213 g/mol. The third-order valence-corrected chi connectivity index (χ3v) is 2.80. The van der Waals surface area contributed by atoms with E-state index in [2.05, 4.69) is 6.58 Å². The minimum Gasteiger partial charge on any atom is -0.330 e. The van der Waals surface area contributed by atoms with Crippen LogP contribution in [0.1, 0.15) is 12.5 Å². The van der Waals surface area contributed by atoms with Gasteiger partial charge in [-0.25, -0.2) is 4.39 Å². The van der Waals surface area contributed by atoms with E-state index >= 15 is 0 Å². The number of hydrogen-bond donors (Lipinski definition) is 1. The lowest BCUT2D eigenvalue weighted by Gasteiger charge is -2.23. The molecule has 0 amide bonds.